The van der Waals surface area contributed by atoms with E-state index in [0.29, 0.717) is 22.6 Å². The maximum Gasteiger partial charge on any atom is 0.338 e. The van der Waals surface area contributed by atoms with Gasteiger partial charge in [-0.05, 0) is 74.4 Å². The summed E-state index contributed by atoms with van der Waals surface area (Å²) in [5.41, 5.74) is 4.24. The Kier molecular flexibility index (Phi) is 7.43. The lowest BCUT2D eigenvalue weighted by atomic mass is 10.1. The number of ketones is 1. The van der Waals surface area contributed by atoms with Gasteiger partial charge in [0.2, 0.25) is 0 Å². The maximum absolute atomic E-state index is 12.3. The first-order chi connectivity index (χ1) is 15.3. The van der Waals surface area contributed by atoms with E-state index < -0.39 is 5.97 Å². The van der Waals surface area contributed by atoms with Crippen LogP contribution in [-0.4, -0.2) is 41.2 Å². The Morgan fingerprint density at radius 1 is 0.969 bits per heavy atom. The molecule has 0 aliphatic carbocycles. The molecule has 8 heteroatoms. The highest BCUT2D eigenvalue weighted by Crippen LogP contribution is 2.20. The molecule has 0 bridgehead atoms. The molecule has 0 aliphatic heterocycles. The molecule has 1 aromatic heterocycles. The number of carbonyl (C=O) groups excluding carboxylic acids is 3. The SMILES string of the molecule is COC(=O)CCc1c(C)nn(-c2ccc(C(=O)OCC(=O)c3ccc(Cl)cc3)cc2)c1C. The number of hydrogen-bond donors (Lipinski definition) is 0. The van der Waals surface area contributed by atoms with Crippen molar-refractivity contribution in [3.05, 3.63) is 81.6 Å². The van der Waals surface area contributed by atoms with Gasteiger partial charge in [-0.25, -0.2) is 9.48 Å². The van der Waals surface area contributed by atoms with E-state index in [1.807, 2.05) is 13.8 Å². The molecule has 0 fully saturated rings. The standard InChI is InChI=1S/C24H23ClN2O5/c1-15-21(12-13-23(29)31-3)16(2)27(26-15)20-10-6-18(7-11-20)24(30)32-14-22(28)17-4-8-19(25)9-5-17/h4-11H,12-14H2,1-3H3. The third-order valence-electron chi connectivity index (χ3n) is 5.10. The first kappa shape index (κ1) is 23.2. The molecule has 0 spiro atoms. The number of nitrogens with zero attached hydrogens (tertiary/aromatic N) is 2. The van der Waals surface area contributed by atoms with Crippen LogP contribution in [0.25, 0.3) is 5.69 Å². The molecule has 0 atom stereocenters. The number of aryl methyl sites for hydroxylation is 1. The molecular weight excluding hydrogens is 432 g/mol. The van der Waals surface area contributed by atoms with Crippen molar-refractivity contribution >= 4 is 29.3 Å². The monoisotopic (exact) mass is 454 g/mol. The zero-order valence-electron chi connectivity index (χ0n) is 18.1. The minimum atomic E-state index is -0.592. The van der Waals surface area contributed by atoms with Crippen molar-refractivity contribution in [3.8, 4) is 5.69 Å². The van der Waals surface area contributed by atoms with Crippen molar-refractivity contribution in [2.24, 2.45) is 0 Å². The smallest absolute Gasteiger partial charge is 0.338 e. The normalized spacial score (nSPS) is 10.6. The predicted octanol–water partition coefficient (Wildman–Crippen LogP) is 4.29. The summed E-state index contributed by atoms with van der Waals surface area (Å²) in [6.45, 7) is 3.46. The molecule has 1 heterocycles. The Labute approximate surface area is 190 Å². The van der Waals surface area contributed by atoms with Gasteiger partial charge >= 0.3 is 11.9 Å². The molecule has 7 nitrogen and oxygen atoms in total. The number of aromatic nitrogens is 2. The first-order valence-corrected chi connectivity index (χ1v) is 10.4. The second-order valence-electron chi connectivity index (χ2n) is 7.19. The van der Waals surface area contributed by atoms with Crippen molar-refractivity contribution in [1.29, 1.82) is 0 Å². The molecule has 0 saturated heterocycles. The molecule has 166 valence electrons. The number of benzene rings is 2. The predicted molar refractivity (Wildman–Crippen MR) is 119 cm³/mol. The van der Waals surface area contributed by atoms with Crippen molar-refractivity contribution < 1.29 is 23.9 Å². The van der Waals surface area contributed by atoms with Crippen molar-refractivity contribution in [2.75, 3.05) is 13.7 Å². The topological polar surface area (TPSA) is 87.5 Å². The molecule has 3 aromatic rings. The second-order valence-corrected chi connectivity index (χ2v) is 7.63. The number of carbonyl (C=O) groups is 3. The molecule has 0 radical (unpaired) electrons. The van der Waals surface area contributed by atoms with Crippen LogP contribution in [0.15, 0.2) is 48.5 Å². The number of halogens is 1. The minimum absolute atomic E-state index is 0.269. The van der Waals surface area contributed by atoms with Crippen molar-refractivity contribution in [3.63, 3.8) is 0 Å². The van der Waals surface area contributed by atoms with Crippen LogP contribution in [0.3, 0.4) is 0 Å². The van der Waals surface area contributed by atoms with E-state index in [1.165, 1.54) is 7.11 Å². The summed E-state index contributed by atoms with van der Waals surface area (Å²) in [4.78, 5) is 35.9. The van der Waals surface area contributed by atoms with Crippen LogP contribution in [-0.2, 0) is 20.7 Å². The van der Waals surface area contributed by atoms with Gasteiger partial charge in [-0.1, -0.05) is 11.6 Å². The van der Waals surface area contributed by atoms with Gasteiger partial charge in [0.05, 0.1) is 24.1 Å². The van der Waals surface area contributed by atoms with Gasteiger partial charge in [0.15, 0.2) is 12.4 Å². The largest absolute Gasteiger partial charge is 0.469 e. The van der Waals surface area contributed by atoms with Crippen LogP contribution in [0.2, 0.25) is 5.02 Å². The lowest BCUT2D eigenvalue weighted by molar-refractivity contribution is -0.140. The van der Waals surface area contributed by atoms with E-state index in [2.05, 4.69) is 5.10 Å². The van der Waals surface area contributed by atoms with Gasteiger partial charge in [-0.15, -0.1) is 0 Å². The van der Waals surface area contributed by atoms with Gasteiger partial charge in [0, 0.05) is 22.7 Å². The lowest BCUT2D eigenvalue weighted by Gasteiger charge is -2.08. The summed E-state index contributed by atoms with van der Waals surface area (Å²) in [5.74, 6) is -1.17. The van der Waals surface area contributed by atoms with Gasteiger partial charge in [-0.3, -0.25) is 9.59 Å². The summed E-state index contributed by atoms with van der Waals surface area (Å²) in [5, 5.41) is 5.08. The third-order valence-corrected chi connectivity index (χ3v) is 5.35. The van der Waals surface area contributed by atoms with E-state index in [-0.39, 0.29) is 24.8 Å². The van der Waals surface area contributed by atoms with Crippen LogP contribution in [0.1, 0.15) is 44.1 Å². The molecule has 0 saturated carbocycles. The number of esters is 2. The first-order valence-electron chi connectivity index (χ1n) is 9.98. The molecule has 0 aliphatic rings. The van der Waals surface area contributed by atoms with Crippen molar-refractivity contribution in [1.82, 2.24) is 9.78 Å². The van der Waals surface area contributed by atoms with Crippen LogP contribution in [0, 0.1) is 13.8 Å². The second kappa shape index (κ2) is 10.2. The molecule has 3 rings (SSSR count). The highest BCUT2D eigenvalue weighted by Gasteiger charge is 2.16. The van der Waals surface area contributed by atoms with Crippen LogP contribution >= 0.6 is 11.6 Å². The van der Waals surface area contributed by atoms with Gasteiger partial charge in [0.1, 0.15) is 0 Å². The van der Waals surface area contributed by atoms with E-state index >= 15 is 0 Å². The summed E-state index contributed by atoms with van der Waals surface area (Å²) < 4.78 is 11.6. The quantitative estimate of drug-likeness (QED) is 0.372. The number of rotatable bonds is 8. The van der Waals surface area contributed by atoms with E-state index in [4.69, 9.17) is 21.1 Å². The Balaban J connectivity index is 1.65. The Bertz CT molecular complexity index is 1130. The summed E-state index contributed by atoms with van der Waals surface area (Å²) in [7, 11) is 1.37. The Morgan fingerprint density at radius 2 is 1.59 bits per heavy atom. The molecular formula is C24H23ClN2O5. The zero-order chi connectivity index (χ0) is 23.3. The maximum atomic E-state index is 12.3. The molecule has 0 N–H and O–H groups in total. The van der Waals surface area contributed by atoms with Crippen LogP contribution in [0.5, 0.6) is 0 Å². The summed E-state index contributed by atoms with van der Waals surface area (Å²) in [6, 6.07) is 13.1. The fraction of sp³-hybridized carbons (Fsp3) is 0.250. The van der Waals surface area contributed by atoms with E-state index in [0.717, 1.165) is 22.6 Å². The van der Waals surface area contributed by atoms with Crippen LogP contribution in [0.4, 0.5) is 0 Å². The summed E-state index contributed by atoms with van der Waals surface area (Å²) in [6.07, 6.45) is 0.819. The third kappa shape index (κ3) is 5.42. The highest BCUT2D eigenvalue weighted by atomic mass is 35.5. The number of ether oxygens (including phenoxy) is 2. The average Bonchev–Trinajstić information content (AvgIpc) is 3.09. The zero-order valence-corrected chi connectivity index (χ0v) is 18.8. The van der Waals surface area contributed by atoms with Gasteiger partial charge < -0.3 is 9.47 Å². The molecule has 2 aromatic carbocycles. The lowest BCUT2D eigenvalue weighted by Crippen LogP contribution is -2.14. The fourth-order valence-corrected chi connectivity index (χ4v) is 3.42. The fourth-order valence-electron chi connectivity index (χ4n) is 3.29. The van der Waals surface area contributed by atoms with Crippen molar-refractivity contribution in [2.45, 2.75) is 26.7 Å². The average molecular weight is 455 g/mol. The minimum Gasteiger partial charge on any atom is -0.469 e. The Morgan fingerprint density at radius 3 is 2.22 bits per heavy atom. The highest BCUT2D eigenvalue weighted by molar-refractivity contribution is 6.30. The molecule has 0 unspecified atom stereocenters. The molecule has 0 amide bonds. The van der Waals surface area contributed by atoms with Gasteiger partial charge in [0.25, 0.3) is 0 Å². The van der Waals surface area contributed by atoms with Gasteiger partial charge in [-0.2, -0.15) is 5.10 Å². The van der Waals surface area contributed by atoms with E-state index in [9.17, 15) is 14.4 Å². The van der Waals surface area contributed by atoms with E-state index in [1.54, 1.807) is 53.2 Å². The molecule has 32 heavy (non-hydrogen) atoms. The number of Topliss-reactive ketones (excluding diaryl/α,β-unsaturated/α-hetero) is 1. The Hall–Kier alpha value is -3.45. The summed E-state index contributed by atoms with van der Waals surface area (Å²) >= 11 is 5.81. The van der Waals surface area contributed by atoms with Crippen LogP contribution < -0.4 is 0 Å². The number of hydrogen-bond acceptors (Lipinski definition) is 6. The number of methoxy groups -OCH3 is 1.